The molecule has 6 nitrogen and oxygen atoms in total. The Morgan fingerprint density at radius 1 is 1.14 bits per heavy atom. The van der Waals surface area contributed by atoms with Gasteiger partial charge in [0.1, 0.15) is 0 Å². The fourth-order valence-corrected chi connectivity index (χ4v) is 1.77. The standard InChI is InChI=1S/C15H13N3O3/c1-2-16-17(13-6-4-3-5-7-13)15(19)12-8-10-14(11-9-12)18(20)21/h2-11H,1H3/b16-2-. The van der Waals surface area contributed by atoms with Gasteiger partial charge in [-0.25, -0.2) is 0 Å². The number of hydrogen-bond acceptors (Lipinski definition) is 4. The van der Waals surface area contributed by atoms with Gasteiger partial charge in [-0.1, -0.05) is 18.2 Å². The van der Waals surface area contributed by atoms with E-state index >= 15 is 0 Å². The van der Waals surface area contributed by atoms with E-state index in [-0.39, 0.29) is 11.6 Å². The molecule has 0 aliphatic heterocycles. The molecule has 0 aromatic heterocycles. The van der Waals surface area contributed by atoms with Crippen LogP contribution in [0.1, 0.15) is 17.3 Å². The first kappa shape index (κ1) is 14.4. The Morgan fingerprint density at radius 3 is 2.29 bits per heavy atom. The molecule has 0 unspecified atom stereocenters. The van der Waals surface area contributed by atoms with Crippen molar-refractivity contribution >= 4 is 23.5 Å². The van der Waals surface area contributed by atoms with Gasteiger partial charge in [-0.05, 0) is 31.2 Å². The van der Waals surface area contributed by atoms with Gasteiger partial charge in [-0.3, -0.25) is 14.9 Å². The molecular weight excluding hydrogens is 270 g/mol. The van der Waals surface area contributed by atoms with Gasteiger partial charge in [-0.15, -0.1) is 0 Å². The number of nitro benzene ring substituents is 1. The Kier molecular flexibility index (Phi) is 4.40. The van der Waals surface area contributed by atoms with Crippen LogP contribution in [0, 0.1) is 10.1 Å². The van der Waals surface area contributed by atoms with E-state index in [4.69, 9.17) is 0 Å². The fraction of sp³-hybridized carbons (Fsp3) is 0.0667. The number of nitro groups is 1. The van der Waals surface area contributed by atoms with Crippen molar-refractivity contribution in [2.24, 2.45) is 5.10 Å². The SMILES string of the molecule is C/C=N\N(C(=O)c1ccc([N+](=O)[O-])cc1)c1ccccc1. The number of non-ortho nitro benzene ring substituents is 1. The molecule has 0 bridgehead atoms. The van der Waals surface area contributed by atoms with Gasteiger partial charge >= 0.3 is 0 Å². The zero-order valence-electron chi connectivity index (χ0n) is 11.3. The molecule has 2 rings (SSSR count). The van der Waals surface area contributed by atoms with Crippen molar-refractivity contribution in [2.75, 3.05) is 5.01 Å². The number of hydrazone groups is 1. The largest absolute Gasteiger partial charge is 0.278 e. The van der Waals surface area contributed by atoms with Crippen molar-refractivity contribution in [1.82, 2.24) is 0 Å². The number of carbonyl (C=O) groups excluding carboxylic acids is 1. The van der Waals surface area contributed by atoms with Gasteiger partial charge in [0, 0.05) is 23.9 Å². The first-order valence-corrected chi connectivity index (χ1v) is 6.26. The zero-order valence-corrected chi connectivity index (χ0v) is 11.3. The number of anilines is 1. The molecule has 0 radical (unpaired) electrons. The molecule has 0 aliphatic rings. The van der Waals surface area contributed by atoms with Crippen LogP contribution in [-0.4, -0.2) is 17.0 Å². The topological polar surface area (TPSA) is 75.8 Å². The van der Waals surface area contributed by atoms with Gasteiger partial charge in [-0.2, -0.15) is 10.1 Å². The molecule has 0 saturated carbocycles. The van der Waals surface area contributed by atoms with E-state index in [1.807, 2.05) is 6.07 Å². The number of carbonyl (C=O) groups is 1. The van der Waals surface area contributed by atoms with Crippen LogP contribution in [-0.2, 0) is 0 Å². The second-order valence-corrected chi connectivity index (χ2v) is 4.13. The highest BCUT2D eigenvalue weighted by atomic mass is 16.6. The molecule has 2 aromatic carbocycles. The molecule has 0 spiro atoms. The maximum absolute atomic E-state index is 12.5. The summed E-state index contributed by atoms with van der Waals surface area (Å²) in [6.07, 6.45) is 1.51. The quantitative estimate of drug-likeness (QED) is 0.491. The minimum absolute atomic E-state index is 0.0585. The van der Waals surface area contributed by atoms with E-state index < -0.39 is 4.92 Å². The number of nitrogens with zero attached hydrogens (tertiary/aromatic N) is 3. The van der Waals surface area contributed by atoms with Crippen molar-refractivity contribution < 1.29 is 9.72 Å². The molecule has 106 valence electrons. The summed E-state index contributed by atoms with van der Waals surface area (Å²) in [7, 11) is 0. The van der Waals surface area contributed by atoms with Crippen LogP contribution in [0.25, 0.3) is 0 Å². The summed E-state index contributed by atoms with van der Waals surface area (Å²) in [4.78, 5) is 22.6. The molecule has 21 heavy (non-hydrogen) atoms. The lowest BCUT2D eigenvalue weighted by Gasteiger charge is -2.16. The summed E-state index contributed by atoms with van der Waals surface area (Å²) < 4.78 is 0. The van der Waals surface area contributed by atoms with Crippen molar-refractivity contribution in [3.8, 4) is 0 Å². The highest BCUT2D eigenvalue weighted by Crippen LogP contribution is 2.19. The molecule has 2 aromatic rings. The van der Waals surface area contributed by atoms with E-state index in [1.165, 1.54) is 35.5 Å². The average Bonchev–Trinajstić information content (AvgIpc) is 2.53. The molecule has 0 fully saturated rings. The lowest BCUT2D eigenvalue weighted by atomic mass is 10.2. The number of hydrogen-bond donors (Lipinski definition) is 0. The Bertz CT molecular complexity index is 666. The Hall–Kier alpha value is -3.02. The monoisotopic (exact) mass is 283 g/mol. The van der Waals surface area contributed by atoms with Crippen LogP contribution in [0.3, 0.4) is 0 Å². The van der Waals surface area contributed by atoms with Crippen LogP contribution < -0.4 is 5.01 Å². The lowest BCUT2D eigenvalue weighted by Crippen LogP contribution is -2.25. The molecule has 0 saturated heterocycles. The maximum Gasteiger partial charge on any atom is 0.278 e. The third-order valence-electron chi connectivity index (χ3n) is 2.75. The van der Waals surface area contributed by atoms with Gasteiger partial charge in [0.25, 0.3) is 11.6 Å². The number of benzene rings is 2. The molecule has 6 heteroatoms. The molecular formula is C15H13N3O3. The predicted octanol–water partition coefficient (Wildman–Crippen LogP) is 3.25. The van der Waals surface area contributed by atoms with E-state index in [1.54, 1.807) is 31.2 Å². The third kappa shape index (κ3) is 3.30. The average molecular weight is 283 g/mol. The minimum atomic E-state index is -0.507. The van der Waals surface area contributed by atoms with Crippen LogP contribution in [0.15, 0.2) is 59.7 Å². The summed E-state index contributed by atoms with van der Waals surface area (Å²) in [6, 6.07) is 14.4. The second kappa shape index (κ2) is 6.42. The van der Waals surface area contributed by atoms with Gasteiger partial charge in [0.2, 0.25) is 0 Å². The Morgan fingerprint density at radius 2 is 1.76 bits per heavy atom. The summed E-state index contributed by atoms with van der Waals surface area (Å²) in [5, 5.41) is 15.9. The van der Waals surface area contributed by atoms with Crippen LogP contribution in [0.4, 0.5) is 11.4 Å². The molecule has 1 amide bonds. The van der Waals surface area contributed by atoms with Crippen molar-refractivity contribution in [3.05, 3.63) is 70.3 Å². The van der Waals surface area contributed by atoms with Gasteiger partial charge < -0.3 is 0 Å². The van der Waals surface area contributed by atoms with Crippen molar-refractivity contribution in [2.45, 2.75) is 6.92 Å². The number of rotatable bonds is 4. The first-order chi connectivity index (χ1) is 10.1. The van der Waals surface area contributed by atoms with Gasteiger partial charge in [0.05, 0.1) is 10.6 Å². The van der Waals surface area contributed by atoms with E-state index in [9.17, 15) is 14.9 Å². The summed E-state index contributed by atoms with van der Waals surface area (Å²) in [6.45, 7) is 1.71. The Balaban J connectivity index is 2.33. The summed E-state index contributed by atoms with van der Waals surface area (Å²) >= 11 is 0. The molecule has 0 N–H and O–H groups in total. The first-order valence-electron chi connectivity index (χ1n) is 6.26. The fourth-order valence-electron chi connectivity index (χ4n) is 1.77. The van der Waals surface area contributed by atoms with Crippen LogP contribution >= 0.6 is 0 Å². The minimum Gasteiger partial charge on any atom is -0.267 e. The van der Waals surface area contributed by atoms with Gasteiger partial charge in [0.15, 0.2) is 0 Å². The van der Waals surface area contributed by atoms with Crippen LogP contribution in [0.2, 0.25) is 0 Å². The zero-order chi connectivity index (χ0) is 15.2. The normalized spacial score (nSPS) is 10.5. The van der Waals surface area contributed by atoms with E-state index in [0.717, 1.165) is 0 Å². The lowest BCUT2D eigenvalue weighted by molar-refractivity contribution is -0.384. The number of para-hydroxylation sites is 1. The molecule has 0 aliphatic carbocycles. The van der Waals surface area contributed by atoms with E-state index in [0.29, 0.717) is 11.3 Å². The second-order valence-electron chi connectivity index (χ2n) is 4.13. The molecule has 0 atom stereocenters. The van der Waals surface area contributed by atoms with Crippen molar-refractivity contribution in [3.63, 3.8) is 0 Å². The highest BCUT2D eigenvalue weighted by molar-refractivity contribution is 6.06. The third-order valence-corrected chi connectivity index (χ3v) is 2.75. The predicted molar refractivity (Wildman–Crippen MR) is 80.5 cm³/mol. The molecule has 0 heterocycles. The van der Waals surface area contributed by atoms with Crippen molar-refractivity contribution in [1.29, 1.82) is 0 Å². The smallest absolute Gasteiger partial charge is 0.267 e. The Labute approximate surface area is 121 Å². The van der Waals surface area contributed by atoms with Crippen LogP contribution in [0.5, 0.6) is 0 Å². The summed E-state index contributed by atoms with van der Waals surface area (Å²) in [5.74, 6) is -0.353. The maximum atomic E-state index is 12.5. The summed E-state index contributed by atoms with van der Waals surface area (Å²) in [5.41, 5.74) is 0.894. The number of amides is 1. The van der Waals surface area contributed by atoms with E-state index in [2.05, 4.69) is 5.10 Å². The highest BCUT2D eigenvalue weighted by Gasteiger charge is 2.17.